The van der Waals surface area contributed by atoms with Crippen LogP contribution in [0.15, 0.2) is 60.8 Å². The van der Waals surface area contributed by atoms with Gasteiger partial charge >= 0.3 is 6.09 Å². The molecule has 192 valence electrons. The fraction of sp³-hybridized carbons (Fsp3) is 0.370. The molecule has 3 aromatic rings. The van der Waals surface area contributed by atoms with Gasteiger partial charge in [-0.3, -0.25) is 14.4 Å². The lowest BCUT2D eigenvalue weighted by Gasteiger charge is -2.27. The topological polar surface area (TPSA) is 113 Å². The summed E-state index contributed by atoms with van der Waals surface area (Å²) in [5.74, 6) is -1.08. The molecule has 0 saturated carbocycles. The Labute approximate surface area is 211 Å². The van der Waals surface area contributed by atoms with Gasteiger partial charge in [-0.15, -0.1) is 0 Å². The largest absolute Gasteiger partial charge is 0.445 e. The molecule has 3 amide bonds. The molecule has 1 heterocycles. The molecule has 2 aromatic carbocycles. The number of likely N-dealkylation sites (N-methyl/N-ethyl adjacent to an activating group) is 1. The van der Waals surface area contributed by atoms with Crippen molar-refractivity contribution in [3.63, 3.8) is 0 Å². The number of fused-ring (bicyclic) bond motifs is 1. The van der Waals surface area contributed by atoms with E-state index in [1.807, 2.05) is 74.6 Å². The summed E-state index contributed by atoms with van der Waals surface area (Å²) in [6.07, 6.45) is 2.01. The number of H-pyrrole nitrogens is 1. The van der Waals surface area contributed by atoms with Gasteiger partial charge in [0.1, 0.15) is 18.7 Å². The van der Waals surface area contributed by atoms with E-state index in [1.165, 1.54) is 14.2 Å². The molecule has 0 saturated heterocycles. The second-order valence-corrected chi connectivity index (χ2v) is 8.71. The zero-order chi connectivity index (χ0) is 26.1. The molecule has 0 unspecified atom stereocenters. The molecule has 3 N–H and O–H groups in total. The van der Waals surface area contributed by atoms with Crippen molar-refractivity contribution in [2.24, 2.45) is 5.92 Å². The number of aromatic nitrogens is 1. The van der Waals surface area contributed by atoms with Crippen LogP contribution in [0.2, 0.25) is 0 Å². The minimum absolute atomic E-state index is 0.0851. The predicted molar refractivity (Wildman–Crippen MR) is 137 cm³/mol. The van der Waals surface area contributed by atoms with Crippen molar-refractivity contribution in [1.29, 1.82) is 0 Å². The van der Waals surface area contributed by atoms with E-state index in [4.69, 9.17) is 9.57 Å². The van der Waals surface area contributed by atoms with Crippen LogP contribution in [0.1, 0.15) is 31.4 Å². The second kappa shape index (κ2) is 12.7. The Kier molecular flexibility index (Phi) is 9.46. The standard InChI is InChI=1S/C27H34N4O5/c1-5-18(2)24(30-27(34)36-17-19-11-7-6-8-12-19)25(32)29-23(26(33)31(3)35-4)15-20-16-28-22-14-10-9-13-21(20)22/h6-14,16,18,23-24,28H,5,15,17H2,1-4H3,(H,29,32)(H,30,34)/t18-,23-,24-/m0/s1. The molecular formula is C27H34N4O5. The third kappa shape index (κ3) is 6.85. The molecule has 0 spiro atoms. The molecule has 36 heavy (non-hydrogen) atoms. The van der Waals surface area contributed by atoms with Gasteiger partial charge in [0.15, 0.2) is 0 Å². The summed E-state index contributed by atoms with van der Waals surface area (Å²) in [6.45, 7) is 3.87. The smallest absolute Gasteiger partial charge is 0.408 e. The van der Waals surface area contributed by atoms with Crippen LogP contribution >= 0.6 is 0 Å². The minimum Gasteiger partial charge on any atom is -0.445 e. The first-order valence-electron chi connectivity index (χ1n) is 12.0. The summed E-state index contributed by atoms with van der Waals surface area (Å²) in [7, 11) is 2.87. The number of carbonyl (C=O) groups is 3. The van der Waals surface area contributed by atoms with Gasteiger partial charge in [-0.05, 0) is 23.1 Å². The van der Waals surface area contributed by atoms with E-state index in [-0.39, 0.29) is 18.9 Å². The second-order valence-electron chi connectivity index (χ2n) is 8.71. The van der Waals surface area contributed by atoms with Gasteiger partial charge in [0.25, 0.3) is 5.91 Å². The van der Waals surface area contributed by atoms with Crippen LogP contribution in [0, 0.1) is 5.92 Å². The number of rotatable bonds is 11. The molecule has 0 aliphatic heterocycles. The monoisotopic (exact) mass is 494 g/mol. The zero-order valence-electron chi connectivity index (χ0n) is 21.1. The van der Waals surface area contributed by atoms with Gasteiger partial charge in [-0.2, -0.15) is 0 Å². The number of nitrogens with zero attached hydrogens (tertiary/aromatic N) is 1. The average Bonchev–Trinajstić information content (AvgIpc) is 3.32. The number of ether oxygens (including phenoxy) is 1. The summed E-state index contributed by atoms with van der Waals surface area (Å²) < 4.78 is 5.32. The highest BCUT2D eigenvalue weighted by Gasteiger charge is 2.32. The Hall–Kier alpha value is -3.85. The molecular weight excluding hydrogens is 460 g/mol. The molecule has 1 aromatic heterocycles. The van der Waals surface area contributed by atoms with Crippen LogP contribution in [0.5, 0.6) is 0 Å². The van der Waals surface area contributed by atoms with E-state index in [1.54, 1.807) is 0 Å². The van der Waals surface area contributed by atoms with Crippen molar-refractivity contribution in [1.82, 2.24) is 20.7 Å². The number of alkyl carbamates (subject to hydrolysis) is 1. The molecule has 3 rings (SSSR count). The van der Waals surface area contributed by atoms with Crippen LogP contribution in [0.4, 0.5) is 4.79 Å². The Bertz CT molecular complexity index is 1160. The minimum atomic E-state index is -0.907. The third-order valence-corrected chi connectivity index (χ3v) is 6.28. The molecule has 0 radical (unpaired) electrons. The highest BCUT2D eigenvalue weighted by Crippen LogP contribution is 2.20. The van der Waals surface area contributed by atoms with Crippen molar-refractivity contribution < 1.29 is 24.0 Å². The number of carbonyl (C=O) groups excluding carboxylic acids is 3. The maximum Gasteiger partial charge on any atom is 0.408 e. The first-order chi connectivity index (χ1) is 17.3. The number of aromatic amines is 1. The van der Waals surface area contributed by atoms with Crippen LogP contribution in [0.3, 0.4) is 0 Å². The van der Waals surface area contributed by atoms with Gasteiger partial charge in [0, 0.05) is 30.6 Å². The maximum atomic E-state index is 13.4. The van der Waals surface area contributed by atoms with Crippen molar-refractivity contribution >= 4 is 28.8 Å². The van der Waals surface area contributed by atoms with Crippen molar-refractivity contribution in [3.8, 4) is 0 Å². The summed E-state index contributed by atoms with van der Waals surface area (Å²) in [6, 6.07) is 15.2. The number of nitrogens with one attached hydrogen (secondary N) is 3. The van der Waals surface area contributed by atoms with Crippen LogP contribution in [-0.4, -0.2) is 54.2 Å². The fourth-order valence-corrected chi connectivity index (χ4v) is 3.89. The SMILES string of the molecule is CC[C@H](C)[C@H](NC(=O)OCc1ccccc1)C(=O)N[C@@H](Cc1c[nH]c2ccccc12)C(=O)N(C)OC. The Balaban J connectivity index is 1.74. The Morgan fingerprint density at radius 2 is 1.72 bits per heavy atom. The number of benzene rings is 2. The van der Waals surface area contributed by atoms with Gasteiger partial charge in [0.2, 0.25) is 5.91 Å². The van der Waals surface area contributed by atoms with E-state index in [0.717, 1.165) is 27.1 Å². The highest BCUT2D eigenvalue weighted by atomic mass is 16.7. The van der Waals surface area contributed by atoms with Crippen LogP contribution in [-0.2, 0) is 32.2 Å². The fourth-order valence-electron chi connectivity index (χ4n) is 3.89. The molecule has 0 aliphatic carbocycles. The molecule has 0 aliphatic rings. The van der Waals surface area contributed by atoms with Crippen molar-refractivity contribution in [3.05, 3.63) is 71.9 Å². The first kappa shape index (κ1) is 26.7. The van der Waals surface area contributed by atoms with E-state index in [9.17, 15) is 14.4 Å². The van der Waals surface area contributed by atoms with Gasteiger partial charge < -0.3 is 20.4 Å². The Morgan fingerprint density at radius 3 is 2.42 bits per heavy atom. The van der Waals surface area contributed by atoms with E-state index < -0.39 is 30.0 Å². The summed E-state index contributed by atoms with van der Waals surface area (Å²) in [5.41, 5.74) is 2.65. The molecule has 0 bridgehead atoms. The van der Waals surface area contributed by atoms with E-state index in [2.05, 4.69) is 15.6 Å². The first-order valence-corrected chi connectivity index (χ1v) is 12.0. The van der Waals surface area contributed by atoms with Gasteiger partial charge in [0.05, 0.1) is 7.11 Å². The number of hydroxylamine groups is 2. The molecule has 3 atom stereocenters. The van der Waals surface area contributed by atoms with Crippen molar-refractivity contribution in [2.45, 2.75) is 45.4 Å². The Morgan fingerprint density at radius 1 is 1.03 bits per heavy atom. The lowest BCUT2D eigenvalue weighted by molar-refractivity contribution is -0.171. The number of para-hydroxylation sites is 1. The number of amides is 3. The molecule has 9 nitrogen and oxygen atoms in total. The predicted octanol–water partition coefficient (Wildman–Crippen LogP) is 3.56. The van der Waals surface area contributed by atoms with Gasteiger partial charge in [-0.1, -0.05) is 68.8 Å². The zero-order valence-corrected chi connectivity index (χ0v) is 21.1. The molecule has 9 heteroatoms. The number of hydrogen-bond donors (Lipinski definition) is 3. The lowest BCUT2D eigenvalue weighted by Crippen LogP contribution is -2.56. The van der Waals surface area contributed by atoms with Crippen LogP contribution in [0.25, 0.3) is 10.9 Å². The maximum absolute atomic E-state index is 13.4. The average molecular weight is 495 g/mol. The highest BCUT2D eigenvalue weighted by molar-refractivity contribution is 5.92. The summed E-state index contributed by atoms with van der Waals surface area (Å²) in [4.78, 5) is 47.2. The lowest BCUT2D eigenvalue weighted by atomic mass is 9.97. The third-order valence-electron chi connectivity index (χ3n) is 6.28. The number of hydrogen-bond acceptors (Lipinski definition) is 5. The summed E-state index contributed by atoms with van der Waals surface area (Å²) in [5, 5.41) is 7.56. The van der Waals surface area contributed by atoms with Crippen molar-refractivity contribution in [2.75, 3.05) is 14.2 Å². The van der Waals surface area contributed by atoms with E-state index in [0.29, 0.717) is 6.42 Å². The van der Waals surface area contributed by atoms with Crippen LogP contribution < -0.4 is 10.6 Å². The normalized spacial score (nSPS) is 13.4. The van der Waals surface area contributed by atoms with E-state index >= 15 is 0 Å². The summed E-state index contributed by atoms with van der Waals surface area (Å²) >= 11 is 0. The quantitative estimate of drug-likeness (QED) is 0.353. The van der Waals surface area contributed by atoms with Gasteiger partial charge in [-0.25, -0.2) is 9.86 Å². The molecule has 0 fully saturated rings.